The zero-order valence-corrected chi connectivity index (χ0v) is 32.7. The smallest absolute Gasteiger partial charge is 0.101 e. The van der Waals surface area contributed by atoms with Gasteiger partial charge < -0.3 is 9.80 Å². The quantitative estimate of drug-likeness (QED) is 0.116. The Morgan fingerprint density at radius 1 is 0.473 bits per heavy atom. The van der Waals surface area contributed by atoms with E-state index >= 15 is 0 Å². The molecule has 6 aromatic carbocycles. The second-order valence-corrected chi connectivity index (χ2v) is 14.5. The Hall–Kier alpha value is -6.42. The molecule has 7 aromatic rings. The van der Waals surface area contributed by atoms with E-state index in [0.717, 1.165) is 28.4 Å². The van der Waals surface area contributed by atoms with E-state index < -0.39 is 0 Å². The number of hydrogen-bond donors (Lipinski definition) is 0. The molecule has 0 spiro atoms. The highest BCUT2D eigenvalue weighted by Gasteiger charge is 2.16. The fourth-order valence-corrected chi connectivity index (χ4v) is 7.74. The Labute approximate surface area is 331 Å². The van der Waals surface area contributed by atoms with Gasteiger partial charge in [-0.2, -0.15) is 0 Å². The third kappa shape index (κ3) is 8.87. The van der Waals surface area contributed by atoms with Crippen LogP contribution in [0.15, 0.2) is 211 Å². The number of allylic oxidation sites excluding steroid dienone is 8. The number of benzene rings is 6. The molecule has 0 saturated carbocycles. The minimum absolute atomic E-state index is 1.12. The van der Waals surface area contributed by atoms with Crippen LogP contribution in [0.4, 0.5) is 27.8 Å². The van der Waals surface area contributed by atoms with Crippen molar-refractivity contribution >= 4 is 55.8 Å². The molecule has 0 aliphatic heterocycles. The first-order valence-electron chi connectivity index (χ1n) is 18.8. The Balaban J connectivity index is 1.10. The van der Waals surface area contributed by atoms with Gasteiger partial charge in [0.15, 0.2) is 0 Å². The maximum Gasteiger partial charge on any atom is 0.101 e. The van der Waals surface area contributed by atoms with Gasteiger partial charge in [0, 0.05) is 33.8 Å². The molecular weight excluding hydrogens is 685 g/mol. The first-order valence-corrected chi connectivity index (χ1v) is 19.7. The number of hydrogen-bond acceptors (Lipinski definition) is 3. The van der Waals surface area contributed by atoms with Crippen LogP contribution in [-0.4, -0.2) is 0 Å². The summed E-state index contributed by atoms with van der Waals surface area (Å²) >= 11 is 1.77. The van der Waals surface area contributed by atoms with Gasteiger partial charge in [0.2, 0.25) is 0 Å². The van der Waals surface area contributed by atoms with Crippen molar-refractivity contribution in [3.8, 4) is 11.1 Å². The standard InChI is InChI=1S/C52H46N2S/c1-5-42(45-18-10-6-11-19-45)36-41(4)53(48-22-14-8-15-23-48)50-32-28-43(29-33-50)39(2)26-27-40(3)44-30-34-51(35-31-44)54(49-24-16-9-17-25-49)52-37-47(38-55-52)46-20-12-7-13-21-46/h5-38H,1-4H3/b39-26+,40-27+,41-36+,42-5+. The van der Waals surface area contributed by atoms with E-state index in [1.165, 1.54) is 49.5 Å². The van der Waals surface area contributed by atoms with Crippen molar-refractivity contribution in [3.05, 3.63) is 228 Å². The van der Waals surface area contributed by atoms with Gasteiger partial charge in [-0.05, 0) is 133 Å². The van der Waals surface area contributed by atoms with Crippen LogP contribution in [0.2, 0.25) is 0 Å². The molecule has 0 N–H and O–H groups in total. The van der Waals surface area contributed by atoms with Crippen molar-refractivity contribution in [3.63, 3.8) is 0 Å². The lowest BCUT2D eigenvalue weighted by molar-refractivity contribution is 1.16. The van der Waals surface area contributed by atoms with Crippen LogP contribution in [0.3, 0.4) is 0 Å². The number of anilines is 5. The van der Waals surface area contributed by atoms with E-state index in [-0.39, 0.29) is 0 Å². The van der Waals surface area contributed by atoms with E-state index in [1.807, 2.05) is 0 Å². The van der Waals surface area contributed by atoms with Gasteiger partial charge in [-0.1, -0.05) is 140 Å². The minimum atomic E-state index is 1.12. The average molecular weight is 731 g/mol. The lowest BCUT2D eigenvalue weighted by Crippen LogP contribution is -2.14. The summed E-state index contributed by atoms with van der Waals surface area (Å²) in [6, 6.07) is 62.4. The summed E-state index contributed by atoms with van der Waals surface area (Å²) in [6.45, 7) is 8.65. The summed E-state index contributed by atoms with van der Waals surface area (Å²) in [6.07, 6.45) is 8.90. The van der Waals surface area contributed by atoms with Crippen LogP contribution in [-0.2, 0) is 0 Å². The number of nitrogens with zero attached hydrogens (tertiary/aromatic N) is 2. The highest BCUT2D eigenvalue weighted by Crippen LogP contribution is 2.41. The highest BCUT2D eigenvalue weighted by atomic mass is 32.1. The zero-order valence-electron chi connectivity index (χ0n) is 31.9. The van der Waals surface area contributed by atoms with Gasteiger partial charge in [-0.25, -0.2) is 0 Å². The third-order valence-electron chi connectivity index (χ3n) is 9.82. The van der Waals surface area contributed by atoms with Crippen LogP contribution in [0, 0.1) is 0 Å². The lowest BCUT2D eigenvalue weighted by atomic mass is 10.0. The monoisotopic (exact) mass is 730 g/mol. The van der Waals surface area contributed by atoms with Crippen LogP contribution < -0.4 is 9.80 Å². The maximum atomic E-state index is 2.34. The Morgan fingerprint density at radius 2 is 0.927 bits per heavy atom. The molecule has 1 heterocycles. The van der Waals surface area contributed by atoms with Gasteiger partial charge in [-0.15, -0.1) is 11.3 Å². The fourth-order valence-electron chi connectivity index (χ4n) is 6.78. The zero-order chi connectivity index (χ0) is 38.0. The van der Waals surface area contributed by atoms with Crippen molar-refractivity contribution in [2.75, 3.05) is 9.80 Å². The van der Waals surface area contributed by atoms with Gasteiger partial charge in [0.25, 0.3) is 0 Å². The lowest BCUT2D eigenvalue weighted by Gasteiger charge is -2.26. The second kappa shape index (κ2) is 17.6. The van der Waals surface area contributed by atoms with E-state index in [0.29, 0.717) is 0 Å². The van der Waals surface area contributed by atoms with Crippen molar-refractivity contribution < 1.29 is 0 Å². The summed E-state index contributed by atoms with van der Waals surface area (Å²) in [7, 11) is 0. The molecule has 55 heavy (non-hydrogen) atoms. The number of para-hydroxylation sites is 2. The van der Waals surface area contributed by atoms with E-state index in [2.05, 4.69) is 243 Å². The predicted octanol–water partition coefficient (Wildman–Crippen LogP) is 15.5. The normalized spacial score (nSPS) is 12.4. The highest BCUT2D eigenvalue weighted by molar-refractivity contribution is 7.14. The molecule has 3 heteroatoms. The molecule has 0 aliphatic rings. The Bertz CT molecular complexity index is 2420. The number of rotatable bonds is 12. The van der Waals surface area contributed by atoms with Crippen LogP contribution in [0.1, 0.15) is 44.4 Å². The van der Waals surface area contributed by atoms with Gasteiger partial charge in [0.1, 0.15) is 5.00 Å². The minimum Gasteiger partial charge on any atom is -0.314 e. The first kappa shape index (κ1) is 36.9. The van der Waals surface area contributed by atoms with Crippen LogP contribution in [0.25, 0.3) is 27.8 Å². The van der Waals surface area contributed by atoms with Crippen LogP contribution >= 0.6 is 11.3 Å². The molecule has 0 saturated heterocycles. The number of thiophene rings is 1. The maximum absolute atomic E-state index is 2.34. The molecule has 0 unspecified atom stereocenters. The second-order valence-electron chi connectivity index (χ2n) is 13.6. The summed E-state index contributed by atoms with van der Waals surface area (Å²) in [5.41, 5.74) is 15.3. The van der Waals surface area contributed by atoms with Crippen molar-refractivity contribution in [2.24, 2.45) is 0 Å². The molecule has 0 atom stereocenters. The summed E-state index contributed by atoms with van der Waals surface area (Å²) in [5.74, 6) is 0. The van der Waals surface area contributed by atoms with Gasteiger partial charge >= 0.3 is 0 Å². The van der Waals surface area contributed by atoms with Crippen molar-refractivity contribution in [1.82, 2.24) is 0 Å². The van der Waals surface area contributed by atoms with E-state index in [4.69, 9.17) is 0 Å². The molecule has 0 fully saturated rings. The molecule has 270 valence electrons. The molecule has 7 rings (SSSR count). The third-order valence-corrected chi connectivity index (χ3v) is 10.7. The van der Waals surface area contributed by atoms with E-state index in [1.54, 1.807) is 11.3 Å². The predicted molar refractivity (Wildman–Crippen MR) is 241 cm³/mol. The molecule has 0 amide bonds. The Kier molecular flexibility index (Phi) is 11.8. The summed E-state index contributed by atoms with van der Waals surface area (Å²) in [4.78, 5) is 4.66. The average Bonchev–Trinajstić information content (AvgIpc) is 3.74. The summed E-state index contributed by atoms with van der Waals surface area (Å²) in [5, 5.41) is 3.43. The van der Waals surface area contributed by atoms with Crippen molar-refractivity contribution in [2.45, 2.75) is 27.7 Å². The topological polar surface area (TPSA) is 6.48 Å². The molecule has 1 aromatic heterocycles. The summed E-state index contributed by atoms with van der Waals surface area (Å²) < 4.78 is 0. The van der Waals surface area contributed by atoms with Crippen molar-refractivity contribution in [1.29, 1.82) is 0 Å². The molecule has 2 nitrogen and oxygen atoms in total. The largest absolute Gasteiger partial charge is 0.314 e. The molecule has 0 aliphatic carbocycles. The van der Waals surface area contributed by atoms with Gasteiger partial charge in [0.05, 0.1) is 0 Å². The molecule has 0 radical (unpaired) electrons. The fraction of sp³-hybridized carbons (Fsp3) is 0.0769. The molecular formula is C52H46N2S. The Morgan fingerprint density at radius 3 is 1.47 bits per heavy atom. The molecule has 0 bridgehead atoms. The van der Waals surface area contributed by atoms with E-state index in [9.17, 15) is 0 Å². The first-order chi connectivity index (χ1) is 27.0. The SMILES string of the molecule is C/C=C(\C=C(/C)N(c1ccccc1)c1ccc(/C(C)=C/C=C(\C)c2ccc(N(c3ccccc3)c3cc(-c4ccccc4)cs3)cc2)cc1)c1ccccc1. The van der Waals surface area contributed by atoms with Crippen LogP contribution in [0.5, 0.6) is 0 Å². The van der Waals surface area contributed by atoms with Gasteiger partial charge in [-0.3, -0.25) is 0 Å².